The van der Waals surface area contributed by atoms with E-state index in [2.05, 4.69) is 77.3 Å². The lowest BCUT2D eigenvalue weighted by atomic mass is 10.0. The van der Waals surface area contributed by atoms with E-state index in [1.54, 1.807) is 12.1 Å². The lowest BCUT2D eigenvalue weighted by molar-refractivity contribution is 0.0601. The van der Waals surface area contributed by atoms with Crippen LogP contribution < -0.4 is 0 Å². The fourth-order valence-electron chi connectivity index (χ4n) is 4.28. The molecule has 2 aromatic carbocycles. The molecule has 0 unspecified atom stereocenters. The van der Waals surface area contributed by atoms with E-state index in [4.69, 9.17) is 4.74 Å². The van der Waals surface area contributed by atoms with Crippen molar-refractivity contribution in [2.45, 2.75) is 58.2 Å². The third-order valence-electron chi connectivity index (χ3n) is 5.81. The molecule has 2 nitrogen and oxygen atoms in total. The van der Waals surface area contributed by atoms with E-state index in [0.29, 0.717) is 22.2 Å². The van der Waals surface area contributed by atoms with Crippen LogP contribution in [0.3, 0.4) is 0 Å². The van der Waals surface area contributed by atoms with Crippen molar-refractivity contribution in [2.75, 3.05) is 7.11 Å². The van der Waals surface area contributed by atoms with Crippen LogP contribution in [0.4, 0.5) is 0 Å². The number of esters is 1. The molecule has 0 aromatic heterocycles. The van der Waals surface area contributed by atoms with Crippen molar-refractivity contribution in [1.82, 2.24) is 0 Å². The second kappa shape index (κ2) is 9.25. The van der Waals surface area contributed by atoms with Gasteiger partial charge in [-0.05, 0) is 52.0 Å². The monoisotopic (exact) mass is 392 g/mol. The molecule has 0 saturated heterocycles. The van der Waals surface area contributed by atoms with Gasteiger partial charge < -0.3 is 4.74 Å². The molecule has 0 spiro atoms. The fraction of sp³-hybridized carbons (Fsp3) is 0.400. The maximum absolute atomic E-state index is 11.6. The molecule has 0 aliphatic heterocycles. The molecule has 0 aliphatic carbocycles. The quantitative estimate of drug-likeness (QED) is 0.321. The summed E-state index contributed by atoms with van der Waals surface area (Å²) in [5, 5.41) is 0. The van der Waals surface area contributed by atoms with E-state index >= 15 is 0 Å². The molecule has 0 bridgehead atoms. The molecule has 0 aliphatic rings. The Morgan fingerprint density at radius 3 is 1.61 bits per heavy atom. The van der Waals surface area contributed by atoms with Gasteiger partial charge in [-0.1, -0.05) is 71.7 Å². The van der Waals surface area contributed by atoms with Gasteiger partial charge in [0.25, 0.3) is 0 Å². The van der Waals surface area contributed by atoms with Crippen LogP contribution in [0.25, 0.3) is 11.1 Å². The molecule has 148 valence electrons. The Hall–Kier alpha value is -2.31. The smallest absolute Gasteiger partial charge is 0.337 e. The molecule has 2 aromatic rings. The van der Waals surface area contributed by atoms with Crippen molar-refractivity contribution < 1.29 is 9.53 Å². The molecular weight excluding hydrogens is 360 g/mol. The molecule has 3 heteroatoms. The Balaban J connectivity index is 2.28. The first kappa shape index (κ1) is 22.0. The average Bonchev–Trinajstić information content (AvgIpc) is 2.67. The van der Waals surface area contributed by atoms with Gasteiger partial charge in [0.15, 0.2) is 0 Å². The van der Waals surface area contributed by atoms with E-state index in [0.717, 1.165) is 16.7 Å². The summed E-state index contributed by atoms with van der Waals surface area (Å²) in [5.41, 5.74) is 9.48. The Morgan fingerprint density at radius 1 is 0.786 bits per heavy atom. The molecule has 0 heterocycles. The SMILES string of the molecule is COC(=O)c1ccc(-c2ccc(C#C[Si](C(C)C)(C(C)C)C(C)C)cc2)cc1. The third-order valence-corrected chi connectivity index (χ3v) is 12.1. The van der Waals surface area contributed by atoms with Crippen LogP contribution in [-0.2, 0) is 4.74 Å². The number of benzene rings is 2. The number of hydrogen-bond donors (Lipinski definition) is 0. The van der Waals surface area contributed by atoms with E-state index in [9.17, 15) is 4.79 Å². The van der Waals surface area contributed by atoms with Gasteiger partial charge in [-0.15, -0.1) is 5.54 Å². The number of carbonyl (C=O) groups excluding carboxylic acids is 1. The number of ether oxygens (including phenoxy) is 1. The number of rotatable bonds is 5. The van der Waals surface area contributed by atoms with Gasteiger partial charge in [0.2, 0.25) is 0 Å². The summed E-state index contributed by atoms with van der Waals surface area (Å²) >= 11 is 0. The van der Waals surface area contributed by atoms with Crippen LogP contribution in [-0.4, -0.2) is 21.2 Å². The summed E-state index contributed by atoms with van der Waals surface area (Å²) in [7, 11) is -0.319. The zero-order chi connectivity index (χ0) is 20.9. The molecular formula is C25H32O2Si. The first-order valence-electron chi connectivity index (χ1n) is 10.0. The highest BCUT2D eigenvalue weighted by Crippen LogP contribution is 2.40. The Labute approximate surface area is 171 Å². The van der Waals surface area contributed by atoms with Crippen LogP contribution in [0.1, 0.15) is 57.5 Å². The Bertz CT molecular complexity index is 828. The highest BCUT2D eigenvalue weighted by Gasteiger charge is 2.41. The Morgan fingerprint density at radius 2 is 1.21 bits per heavy atom. The van der Waals surface area contributed by atoms with Crippen molar-refractivity contribution in [3.8, 4) is 22.6 Å². The van der Waals surface area contributed by atoms with Crippen LogP contribution in [0.15, 0.2) is 48.5 Å². The molecule has 0 N–H and O–H groups in total. The van der Waals surface area contributed by atoms with Gasteiger partial charge in [-0.25, -0.2) is 4.79 Å². The Kier molecular flexibility index (Phi) is 7.27. The second-order valence-corrected chi connectivity index (χ2v) is 13.9. The first-order valence-corrected chi connectivity index (χ1v) is 12.3. The highest BCUT2D eigenvalue weighted by molar-refractivity contribution is 6.90. The van der Waals surface area contributed by atoms with E-state index < -0.39 is 8.07 Å². The zero-order valence-corrected chi connectivity index (χ0v) is 19.2. The van der Waals surface area contributed by atoms with Crippen molar-refractivity contribution in [2.24, 2.45) is 0 Å². The van der Waals surface area contributed by atoms with Crippen LogP contribution >= 0.6 is 0 Å². The molecule has 0 atom stereocenters. The maximum Gasteiger partial charge on any atom is 0.337 e. The predicted octanol–water partition coefficient (Wildman–Crippen LogP) is 6.71. The second-order valence-electron chi connectivity index (χ2n) is 8.29. The topological polar surface area (TPSA) is 26.3 Å². The van der Waals surface area contributed by atoms with Crippen molar-refractivity contribution >= 4 is 14.0 Å². The third kappa shape index (κ3) is 4.56. The van der Waals surface area contributed by atoms with Gasteiger partial charge in [-0.3, -0.25) is 0 Å². The zero-order valence-electron chi connectivity index (χ0n) is 18.2. The predicted molar refractivity (Wildman–Crippen MR) is 121 cm³/mol. The summed E-state index contributed by atoms with van der Waals surface area (Å²) in [6.07, 6.45) is 0. The number of hydrogen-bond acceptors (Lipinski definition) is 2. The van der Waals surface area contributed by atoms with Crippen LogP contribution in [0.5, 0.6) is 0 Å². The van der Waals surface area contributed by atoms with Gasteiger partial charge in [0, 0.05) is 5.56 Å². The number of carbonyl (C=O) groups is 1. The van der Waals surface area contributed by atoms with Crippen molar-refractivity contribution in [3.63, 3.8) is 0 Å². The summed E-state index contributed by atoms with van der Waals surface area (Å²) in [5.74, 6) is 3.18. The minimum absolute atomic E-state index is 0.315. The van der Waals surface area contributed by atoms with Crippen molar-refractivity contribution in [3.05, 3.63) is 59.7 Å². The van der Waals surface area contributed by atoms with Gasteiger partial charge in [-0.2, -0.15) is 0 Å². The largest absolute Gasteiger partial charge is 0.465 e. The maximum atomic E-state index is 11.6. The first-order chi connectivity index (χ1) is 13.2. The molecule has 0 saturated carbocycles. The summed E-state index contributed by atoms with van der Waals surface area (Å²) in [4.78, 5) is 11.6. The van der Waals surface area contributed by atoms with E-state index in [-0.39, 0.29) is 5.97 Å². The highest BCUT2D eigenvalue weighted by atomic mass is 28.3. The van der Waals surface area contributed by atoms with Gasteiger partial charge >= 0.3 is 5.97 Å². The standard InChI is InChI=1S/C25H32O2Si/c1-18(2)28(19(3)4,20(5)6)17-16-21-8-10-22(11-9-21)23-12-14-24(15-13-23)25(26)27-7/h8-15,18-20H,1-7H3. The van der Waals surface area contributed by atoms with Gasteiger partial charge in [0.05, 0.1) is 12.7 Å². The van der Waals surface area contributed by atoms with Crippen LogP contribution in [0, 0.1) is 11.5 Å². The summed E-state index contributed by atoms with van der Waals surface area (Å²) < 4.78 is 4.75. The van der Waals surface area contributed by atoms with E-state index in [1.165, 1.54) is 7.11 Å². The number of methoxy groups -OCH3 is 1. The van der Waals surface area contributed by atoms with E-state index in [1.807, 2.05) is 12.1 Å². The summed E-state index contributed by atoms with van der Waals surface area (Å²) in [6, 6.07) is 15.9. The van der Waals surface area contributed by atoms with Gasteiger partial charge in [0.1, 0.15) is 8.07 Å². The minimum atomic E-state index is -1.71. The normalized spacial score (nSPS) is 11.5. The molecule has 0 amide bonds. The average molecular weight is 393 g/mol. The molecule has 0 radical (unpaired) electrons. The minimum Gasteiger partial charge on any atom is -0.465 e. The molecule has 28 heavy (non-hydrogen) atoms. The van der Waals surface area contributed by atoms with Crippen LogP contribution in [0.2, 0.25) is 16.6 Å². The lowest BCUT2D eigenvalue weighted by Crippen LogP contribution is -2.43. The fourth-order valence-corrected chi connectivity index (χ4v) is 9.50. The lowest BCUT2D eigenvalue weighted by Gasteiger charge is -2.38. The summed E-state index contributed by atoms with van der Waals surface area (Å²) in [6.45, 7) is 14.0. The molecule has 0 fully saturated rings. The van der Waals surface area contributed by atoms with Crippen molar-refractivity contribution in [1.29, 1.82) is 0 Å². The molecule has 2 rings (SSSR count).